The van der Waals surface area contributed by atoms with Gasteiger partial charge in [-0.25, -0.2) is 0 Å². The van der Waals surface area contributed by atoms with Gasteiger partial charge in [0.05, 0.1) is 14.4 Å². The molecule has 0 aromatic heterocycles. The van der Waals surface area contributed by atoms with Gasteiger partial charge in [-0.15, -0.1) is 0 Å². The Bertz CT molecular complexity index is 1040. The van der Waals surface area contributed by atoms with E-state index in [1.165, 1.54) is 57.8 Å². The van der Waals surface area contributed by atoms with Crippen molar-refractivity contribution in [3.8, 4) is 0 Å². The van der Waals surface area contributed by atoms with Crippen LogP contribution < -0.4 is 9.79 Å². The quantitative estimate of drug-likeness (QED) is 0.0279. The van der Waals surface area contributed by atoms with Gasteiger partial charge in [0.25, 0.3) is 0 Å². The molecular weight excluding hydrogens is 651 g/mol. The van der Waals surface area contributed by atoms with E-state index in [-0.39, 0.29) is 19.4 Å². The molecule has 0 aliphatic heterocycles. The highest BCUT2D eigenvalue weighted by molar-refractivity contribution is 7.43. The fourth-order valence-electron chi connectivity index (χ4n) is 4.92. The number of allylic oxidation sites excluding steroid dienone is 12. The highest BCUT2D eigenvalue weighted by atomic mass is 31.2. The summed E-state index contributed by atoms with van der Waals surface area (Å²) >= 11 is 0. The number of hydrogen-bond acceptors (Lipinski definition) is 8. The van der Waals surface area contributed by atoms with E-state index in [0.29, 0.717) is 12.8 Å². The molecule has 0 fully saturated rings. The van der Waals surface area contributed by atoms with E-state index in [9.17, 15) is 23.9 Å². The molecule has 8 nitrogen and oxygen atoms in total. The minimum absolute atomic E-state index is 0.0536. The highest BCUT2D eigenvalue weighted by Crippen LogP contribution is 2.25. The van der Waals surface area contributed by atoms with Crippen LogP contribution in [0.1, 0.15) is 155 Å². The molecular formula is C41H67O8P-2. The average molecular weight is 719 g/mol. The largest absolute Gasteiger partial charge is 0.790 e. The SMILES string of the molecule is CC/C=C\C/C=C\C/C=C\C/C=C\C/C=C\C/C=C\CCC(=O)O[C@H](COC(=O)CCCCCCCCCCCCCCC)COP(=O)([O-])[O-]. The van der Waals surface area contributed by atoms with Gasteiger partial charge < -0.3 is 28.3 Å². The van der Waals surface area contributed by atoms with Crippen LogP contribution in [0, 0.1) is 0 Å². The second kappa shape index (κ2) is 36.3. The Morgan fingerprint density at radius 1 is 0.540 bits per heavy atom. The van der Waals surface area contributed by atoms with Gasteiger partial charge in [-0.2, -0.15) is 0 Å². The number of hydrogen-bond donors (Lipinski definition) is 0. The van der Waals surface area contributed by atoms with Gasteiger partial charge >= 0.3 is 11.9 Å². The van der Waals surface area contributed by atoms with Gasteiger partial charge in [0.1, 0.15) is 6.61 Å². The Kier molecular flexibility index (Phi) is 34.5. The van der Waals surface area contributed by atoms with Gasteiger partial charge in [0.2, 0.25) is 0 Å². The van der Waals surface area contributed by atoms with Gasteiger partial charge in [0, 0.05) is 12.8 Å². The number of phosphoric ester groups is 1. The van der Waals surface area contributed by atoms with Crippen molar-refractivity contribution in [1.29, 1.82) is 0 Å². The summed E-state index contributed by atoms with van der Waals surface area (Å²) in [6.07, 6.45) is 45.9. The van der Waals surface area contributed by atoms with Crippen LogP contribution in [0.5, 0.6) is 0 Å². The molecule has 0 rings (SSSR count). The predicted molar refractivity (Wildman–Crippen MR) is 202 cm³/mol. The van der Waals surface area contributed by atoms with Crippen molar-refractivity contribution < 1.29 is 37.9 Å². The molecule has 0 aromatic rings. The lowest BCUT2D eigenvalue weighted by molar-refractivity contribution is -0.343. The van der Waals surface area contributed by atoms with Crippen molar-refractivity contribution >= 4 is 19.8 Å². The standard InChI is InChI=1S/C41H69O8P/c1-3-5-7-9-11-13-15-17-18-19-20-21-22-24-26-28-30-32-34-36-41(43)49-39(38-48-50(44,45)46)37-47-40(42)35-33-31-29-27-25-23-16-14-12-10-8-6-4-2/h5,7,11,13,17-18,20-21,24,26,30,32,39H,3-4,6,8-10,12,14-16,19,22-23,25,27-29,31,33-38H2,1-2H3,(H2,44,45,46)/p-2/b7-5-,13-11-,18-17-,21-20-,26-24-,32-30-/t39-/m1/s1. The summed E-state index contributed by atoms with van der Waals surface area (Å²) in [6, 6.07) is 0. The molecule has 9 heteroatoms. The van der Waals surface area contributed by atoms with Crippen molar-refractivity contribution in [3.63, 3.8) is 0 Å². The molecule has 0 bridgehead atoms. The van der Waals surface area contributed by atoms with E-state index in [2.05, 4.69) is 79.1 Å². The first-order valence-corrected chi connectivity index (χ1v) is 20.7. The third kappa shape index (κ3) is 38.3. The number of phosphoric acid groups is 1. The summed E-state index contributed by atoms with van der Waals surface area (Å²) in [5.41, 5.74) is 0. The minimum Gasteiger partial charge on any atom is -0.790 e. The molecule has 286 valence electrons. The van der Waals surface area contributed by atoms with E-state index >= 15 is 0 Å². The van der Waals surface area contributed by atoms with Crippen molar-refractivity contribution in [2.24, 2.45) is 0 Å². The van der Waals surface area contributed by atoms with Crippen molar-refractivity contribution in [2.75, 3.05) is 13.2 Å². The Morgan fingerprint density at radius 3 is 1.40 bits per heavy atom. The summed E-state index contributed by atoms with van der Waals surface area (Å²) in [6.45, 7) is 3.30. The summed E-state index contributed by atoms with van der Waals surface area (Å²) in [5.74, 6) is -1.06. The third-order valence-electron chi connectivity index (χ3n) is 7.74. The van der Waals surface area contributed by atoms with E-state index < -0.39 is 32.5 Å². The summed E-state index contributed by atoms with van der Waals surface area (Å²) < 4.78 is 25.7. The van der Waals surface area contributed by atoms with Crippen molar-refractivity contribution in [1.82, 2.24) is 0 Å². The molecule has 50 heavy (non-hydrogen) atoms. The van der Waals surface area contributed by atoms with E-state index in [1.54, 1.807) is 0 Å². The predicted octanol–water partition coefficient (Wildman–Crippen LogP) is 10.2. The van der Waals surface area contributed by atoms with Crippen LogP contribution in [0.2, 0.25) is 0 Å². The van der Waals surface area contributed by atoms with Crippen LogP contribution in [-0.2, 0) is 28.2 Å². The summed E-state index contributed by atoms with van der Waals surface area (Å²) in [5, 5.41) is 0. The molecule has 0 aromatic carbocycles. The van der Waals surface area contributed by atoms with Crippen LogP contribution in [-0.4, -0.2) is 31.3 Å². The number of rotatable bonds is 34. The molecule has 0 spiro atoms. The van der Waals surface area contributed by atoms with Crippen LogP contribution in [0.25, 0.3) is 0 Å². The highest BCUT2D eigenvalue weighted by Gasteiger charge is 2.18. The number of unbranched alkanes of at least 4 members (excludes halogenated alkanes) is 12. The fraction of sp³-hybridized carbons (Fsp3) is 0.659. The van der Waals surface area contributed by atoms with Crippen LogP contribution >= 0.6 is 7.82 Å². The molecule has 0 saturated carbocycles. The van der Waals surface area contributed by atoms with E-state index in [1.807, 2.05) is 12.2 Å². The second-order valence-corrected chi connectivity index (χ2v) is 13.6. The maximum Gasteiger partial charge on any atom is 0.306 e. The first-order chi connectivity index (χ1) is 24.3. The smallest absolute Gasteiger partial charge is 0.306 e. The first-order valence-electron chi connectivity index (χ1n) is 19.2. The fourth-order valence-corrected chi connectivity index (χ4v) is 5.27. The Hall–Kier alpha value is -2.51. The number of carbonyl (C=O) groups excluding carboxylic acids is 2. The number of esters is 2. The molecule has 0 N–H and O–H groups in total. The zero-order valence-electron chi connectivity index (χ0n) is 31.2. The second-order valence-electron chi connectivity index (χ2n) is 12.5. The zero-order chi connectivity index (χ0) is 36.8. The van der Waals surface area contributed by atoms with Crippen molar-refractivity contribution in [3.05, 3.63) is 72.9 Å². The normalized spacial score (nSPS) is 13.3. The maximum atomic E-state index is 12.3. The lowest BCUT2D eigenvalue weighted by atomic mass is 10.0. The van der Waals surface area contributed by atoms with Gasteiger partial charge in [0.15, 0.2) is 6.10 Å². The van der Waals surface area contributed by atoms with Crippen molar-refractivity contribution in [2.45, 2.75) is 161 Å². The summed E-state index contributed by atoms with van der Waals surface area (Å²) in [4.78, 5) is 46.4. The topological polar surface area (TPSA) is 125 Å². The van der Waals surface area contributed by atoms with E-state index in [4.69, 9.17) is 9.47 Å². The van der Waals surface area contributed by atoms with Crippen LogP contribution in [0.3, 0.4) is 0 Å². The molecule has 0 heterocycles. The monoisotopic (exact) mass is 718 g/mol. The maximum absolute atomic E-state index is 12.3. The molecule has 1 atom stereocenters. The van der Waals surface area contributed by atoms with Gasteiger partial charge in [-0.3, -0.25) is 9.59 Å². The van der Waals surface area contributed by atoms with Gasteiger partial charge in [-0.1, -0.05) is 164 Å². The van der Waals surface area contributed by atoms with Gasteiger partial charge in [-0.05, 0) is 51.4 Å². The Morgan fingerprint density at radius 2 is 0.960 bits per heavy atom. The summed E-state index contributed by atoms with van der Waals surface area (Å²) in [7, 11) is -5.27. The molecule has 0 aliphatic carbocycles. The molecule has 0 unspecified atom stereocenters. The number of carbonyl (C=O) groups is 2. The third-order valence-corrected chi connectivity index (χ3v) is 8.21. The van der Waals surface area contributed by atoms with E-state index in [0.717, 1.165) is 57.8 Å². The van der Waals surface area contributed by atoms with Crippen LogP contribution in [0.4, 0.5) is 0 Å². The van der Waals surface area contributed by atoms with Crippen LogP contribution in [0.15, 0.2) is 72.9 Å². The molecule has 0 aliphatic rings. The molecule has 0 radical (unpaired) electrons. The Labute approximate surface area is 304 Å². The first kappa shape index (κ1) is 47.5. The minimum atomic E-state index is -5.27. The Balaban J connectivity index is 4.11. The lowest BCUT2D eigenvalue weighted by Gasteiger charge is -2.30. The zero-order valence-corrected chi connectivity index (χ0v) is 32.1. The molecule has 0 amide bonds. The lowest BCUT2D eigenvalue weighted by Crippen LogP contribution is -2.31. The number of ether oxygens (including phenoxy) is 2. The average Bonchev–Trinajstić information content (AvgIpc) is 3.08. The molecule has 0 saturated heterocycles.